The number of carbonyl (C=O) groups is 1. The van der Waals surface area contributed by atoms with Gasteiger partial charge in [-0.3, -0.25) is 4.79 Å². The lowest BCUT2D eigenvalue weighted by Crippen LogP contribution is -1.96. The van der Waals surface area contributed by atoms with E-state index < -0.39 is 17.6 Å². The minimum Gasteiger partial charge on any atom is -0.469 e. The smallest absolute Gasteiger partial charge is 0.309 e. The standard InChI is InChI=1S/C11H10F2O2/c1-15-11(14)4-2-3-8-5-6-9(12)7-10(8)13/h2-3,5-7H,4H2,1H3. The molecule has 0 heterocycles. The molecule has 0 aliphatic carbocycles. The van der Waals surface area contributed by atoms with Crippen LogP contribution < -0.4 is 0 Å². The summed E-state index contributed by atoms with van der Waals surface area (Å²) in [7, 11) is 1.27. The molecule has 0 bridgehead atoms. The summed E-state index contributed by atoms with van der Waals surface area (Å²) < 4.78 is 30.0. The average molecular weight is 212 g/mol. The van der Waals surface area contributed by atoms with Crippen LogP contribution in [0.3, 0.4) is 0 Å². The Balaban J connectivity index is 2.68. The van der Waals surface area contributed by atoms with Crippen molar-refractivity contribution in [1.82, 2.24) is 0 Å². The Morgan fingerprint density at radius 3 is 2.80 bits per heavy atom. The molecule has 4 heteroatoms. The Morgan fingerprint density at radius 1 is 1.47 bits per heavy atom. The molecule has 0 saturated carbocycles. The highest BCUT2D eigenvalue weighted by Gasteiger charge is 2.00. The molecular weight excluding hydrogens is 202 g/mol. The molecule has 1 aromatic carbocycles. The third-order valence-corrected chi connectivity index (χ3v) is 1.77. The lowest BCUT2D eigenvalue weighted by molar-refractivity contribution is -0.139. The van der Waals surface area contributed by atoms with Crippen molar-refractivity contribution < 1.29 is 18.3 Å². The SMILES string of the molecule is COC(=O)CC=Cc1ccc(F)cc1F. The van der Waals surface area contributed by atoms with E-state index in [1.165, 1.54) is 25.3 Å². The molecule has 0 amide bonds. The minimum absolute atomic E-state index is 0.0628. The molecular formula is C11H10F2O2. The predicted octanol–water partition coefficient (Wildman–Crippen LogP) is 2.54. The van der Waals surface area contributed by atoms with Gasteiger partial charge in [0.05, 0.1) is 13.5 Å². The summed E-state index contributed by atoms with van der Waals surface area (Å²) in [6, 6.07) is 3.25. The van der Waals surface area contributed by atoms with Crippen molar-refractivity contribution in [3.8, 4) is 0 Å². The monoisotopic (exact) mass is 212 g/mol. The number of benzene rings is 1. The van der Waals surface area contributed by atoms with Crippen LogP contribution in [0, 0.1) is 11.6 Å². The molecule has 0 N–H and O–H groups in total. The largest absolute Gasteiger partial charge is 0.469 e. The van der Waals surface area contributed by atoms with E-state index in [2.05, 4.69) is 4.74 Å². The average Bonchev–Trinajstić information content (AvgIpc) is 2.21. The van der Waals surface area contributed by atoms with E-state index in [4.69, 9.17) is 0 Å². The predicted molar refractivity (Wildman–Crippen MR) is 52.0 cm³/mol. The molecule has 0 saturated heterocycles. The van der Waals surface area contributed by atoms with E-state index in [1.807, 2.05) is 0 Å². The topological polar surface area (TPSA) is 26.3 Å². The van der Waals surface area contributed by atoms with E-state index in [-0.39, 0.29) is 12.0 Å². The minimum atomic E-state index is -0.656. The lowest BCUT2D eigenvalue weighted by Gasteiger charge is -1.96. The van der Waals surface area contributed by atoms with Gasteiger partial charge in [0.2, 0.25) is 0 Å². The van der Waals surface area contributed by atoms with Crippen LogP contribution in [-0.4, -0.2) is 13.1 Å². The van der Waals surface area contributed by atoms with Crippen molar-refractivity contribution in [3.05, 3.63) is 41.5 Å². The zero-order valence-corrected chi connectivity index (χ0v) is 8.17. The molecule has 1 aromatic rings. The summed E-state index contributed by atoms with van der Waals surface area (Å²) in [6.45, 7) is 0. The number of carbonyl (C=O) groups excluding carboxylic acids is 1. The highest BCUT2D eigenvalue weighted by Crippen LogP contribution is 2.11. The first-order valence-electron chi connectivity index (χ1n) is 4.32. The van der Waals surface area contributed by atoms with Crippen LogP contribution in [-0.2, 0) is 9.53 Å². The molecule has 2 nitrogen and oxygen atoms in total. The van der Waals surface area contributed by atoms with Crippen molar-refractivity contribution in [3.63, 3.8) is 0 Å². The molecule has 80 valence electrons. The third kappa shape index (κ3) is 3.50. The first kappa shape index (κ1) is 11.4. The van der Waals surface area contributed by atoms with Gasteiger partial charge in [-0.15, -0.1) is 0 Å². The fourth-order valence-electron chi connectivity index (χ4n) is 1.00. The Hall–Kier alpha value is -1.71. The molecule has 0 spiro atoms. The van der Waals surface area contributed by atoms with Gasteiger partial charge in [0.15, 0.2) is 0 Å². The first-order valence-corrected chi connectivity index (χ1v) is 4.32. The van der Waals surface area contributed by atoms with Crippen molar-refractivity contribution in [2.75, 3.05) is 7.11 Å². The zero-order valence-electron chi connectivity index (χ0n) is 8.17. The molecule has 0 aliphatic heterocycles. The Labute approximate surface area is 86.2 Å². The van der Waals surface area contributed by atoms with Gasteiger partial charge in [0.25, 0.3) is 0 Å². The summed E-state index contributed by atoms with van der Waals surface area (Å²) in [5.74, 6) is -1.69. The van der Waals surface area contributed by atoms with Gasteiger partial charge in [-0.1, -0.05) is 12.2 Å². The summed E-state index contributed by atoms with van der Waals surface area (Å²) in [5.41, 5.74) is 0.236. The number of halogens is 2. The van der Waals surface area contributed by atoms with Gasteiger partial charge in [0, 0.05) is 11.6 Å². The highest BCUT2D eigenvalue weighted by molar-refractivity contribution is 5.72. The summed E-state index contributed by atoms with van der Waals surface area (Å²) in [5, 5.41) is 0. The summed E-state index contributed by atoms with van der Waals surface area (Å²) in [6.07, 6.45) is 2.93. The maximum Gasteiger partial charge on any atom is 0.309 e. The van der Waals surface area contributed by atoms with Crippen LogP contribution in [0.2, 0.25) is 0 Å². The molecule has 0 unspecified atom stereocenters. The van der Waals surface area contributed by atoms with Crippen LogP contribution in [0.1, 0.15) is 12.0 Å². The summed E-state index contributed by atoms with van der Waals surface area (Å²) >= 11 is 0. The Bertz CT molecular complexity index is 386. The van der Waals surface area contributed by atoms with E-state index >= 15 is 0 Å². The summed E-state index contributed by atoms with van der Waals surface area (Å²) in [4.78, 5) is 10.7. The molecule has 0 aliphatic rings. The van der Waals surface area contributed by atoms with Crippen molar-refractivity contribution in [2.45, 2.75) is 6.42 Å². The van der Waals surface area contributed by atoms with Crippen LogP contribution in [0.4, 0.5) is 8.78 Å². The number of rotatable bonds is 3. The van der Waals surface area contributed by atoms with Crippen molar-refractivity contribution in [1.29, 1.82) is 0 Å². The van der Waals surface area contributed by atoms with Crippen LogP contribution >= 0.6 is 0 Å². The Morgan fingerprint density at radius 2 is 2.20 bits per heavy atom. The second-order valence-electron chi connectivity index (χ2n) is 2.85. The van der Waals surface area contributed by atoms with Crippen LogP contribution in [0.15, 0.2) is 24.3 Å². The van der Waals surface area contributed by atoms with Crippen LogP contribution in [0.25, 0.3) is 6.08 Å². The number of methoxy groups -OCH3 is 1. The van der Waals surface area contributed by atoms with Gasteiger partial charge >= 0.3 is 5.97 Å². The molecule has 0 aromatic heterocycles. The van der Waals surface area contributed by atoms with Gasteiger partial charge < -0.3 is 4.74 Å². The van der Waals surface area contributed by atoms with E-state index in [1.54, 1.807) is 0 Å². The van der Waals surface area contributed by atoms with Crippen molar-refractivity contribution in [2.24, 2.45) is 0 Å². The fourth-order valence-corrected chi connectivity index (χ4v) is 1.00. The van der Waals surface area contributed by atoms with Gasteiger partial charge in [0.1, 0.15) is 11.6 Å². The Kier molecular flexibility index (Phi) is 3.97. The van der Waals surface area contributed by atoms with Gasteiger partial charge in [-0.05, 0) is 12.1 Å². The maximum atomic E-state index is 13.0. The molecule has 0 radical (unpaired) electrons. The fraction of sp³-hybridized carbons (Fsp3) is 0.182. The molecule has 1 rings (SSSR count). The first-order chi connectivity index (χ1) is 7.13. The second-order valence-corrected chi connectivity index (χ2v) is 2.85. The molecule has 0 fully saturated rings. The van der Waals surface area contributed by atoms with Crippen LogP contribution in [0.5, 0.6) is 0 Å². The number of ether oxygens (including phenoxy) is 1. The number of esters is 1. The van der Waals surface area contributed by atoms with E-state index in [9.17, 15) is 13.6 Å². The van der Waals surface area contributed by atoms with Gasteiger partial charge in [-0.2, -0.15) is 0 Å². The third-order valence-electron chi connectivity index (χ3n) is 1.77. The van der Waals surface area contributed by atoms with Crippen molar-refractivity contribution >= 4 is 12.0 Å². The van der Waals surface area contributed by atoms with E-state index in [0.29, 0.717) is 0 Å². The zero-order chi connectivity index (χ0) is 11.3. The normalized spacial score (nSPS) is 10.6. The number of hydrogen-bond donors (Lipinski definition) is 0. The van der Waals surface area contributed by atoms with Gasteiger partial charge in [-0.25, -0.2) is 8.78 Å². The van der Waals surface area contributed by atoms with E-state index in [0.717, 1.165) is 12.1 Å². The molecule has 15 heavy (non-hydrogen) atoms. The lowest BCUT2D eigenvalue weighted by atomic mass is 10.2. The quantitative estimate of drug-likeness (QED) is 0.719. The highest BCUT2D eigenvalue weighted by atomic mass is 19.1. The maximum absolute atomic E-state index is 13.0. The second kappa shape index (κ2) is 5.24. The molecule has 0 atom stereocenters. The number of hydrogen-bond acceptors (Lipinski definition) is 2.